The molecule has 6 rings (SSSR count). The molecule has 5 nitrogen and oxygen atoms in total. The molecule has 2 unspecified atom stereocenters. The molecule has 34 heavy (non-hydrogen) atoms. The zero-order valence-electron chi connectivity index (χ0n) is 21.6. The number of nitrogens with zero attached hydrogens (tertiary/aromatic N) is 3. The summed E-state index contributed by atoms with van der Waals surface area (Å²) in [4.78, 5) is 0. The molecule has 0 aliphatic heterocycles. The molecular formula is C29H43N3O2. The Hall–Kier alpha value is -1.38. The molecule has 1 aromatic heterocycles. The highest BCUT2D eigenvalue weighted by molar-refractivity contribution is 5.22. The van der Waals surface area contributed by atoms with Crippen LogP contribution >= 0.6 is 0 Å². The van der Waals surface area contributed by atoms with E-state index in [-0.39, 0.29) is 11.2 Å². The standard InChI is InChI=1S/C29H43N3O2/c1-5-28-12-13-29(33)14-24(29)23(28)7-6-20-21-8-9-25(26(21,2)11-10-22(20)28)27(3,34-4)18-32-17-19(15-30)16-31-32/h16-17,20-25,33H,5-14,18H2,1-4H3/t20-,21-,22-,23+,24?,25-,26-,27?,28+,29-/m0/s1. The molecule has 1 N–H and O–H groups in total. The Bertz CT molecular complexity index is 1000. The van der Waals surface area contributed by atoms with Crippen molar-refractivity contribution in [2.75, 3.05) is 7.11 Å². The van der Waals surface area contributed by atoms with E-state index in [1.54, 1.807) is 6.20 Å². The van der Waals surface area contributed by atoms with Crippen LogP contribution in [0.2, 0.25) is 0 Å². The molecule has 5 aliphatic carbocycles. The van der Waals surface area contributed by atoms with Crippen molar-refractivity contribution in [3.05, 3.63) is 18.0 Å². The molecule has 0 spiro atoms. The summed E-state index contributed by atoms with van der Waals surface area (Å²) in [5.41, 5.74) is 0.808. The Kier molecular flexibility index (Phi) is 5.12. The quantitative estimate of drug-likeness (QED) is 0.617. The van der Waals surface area contributed by atoms with Gasteiger partial charge in [0, 0.05) is 13.3 Å². The summed E-state index contributed by atoms with van der Waals surface area (Å²) in [5, 5.41) is 24.6. The van der Waals surface area contributed by atoms with Crippen LogP contribution in [0, 0.1) is 57.7 Å². The van der Waals surface area contributed by atoms with Crippen molar-refractivity contribution in [2.45, 2.75) is 103 Å². The van der Waals surface area contributed by atoms with Crippen molar-refractivity contribution in [1.82, 2.24) is 9.78 Å². The second-order valence-corrected chi connectivity index (χ2v) is 13.3. The SMILES string of the molecule is CC[C@]12CC[C@]3(O)CC3[C@H]1CC[C@H]1[C@@H]3CC[C@H](C(C)(Cn4cc(C#N)cn4)OC)[C@@]3(C)CC[C@@H]12. The summed E-state index contributed by atoms with van der Waals surface area (Å²) >= 11 is 0. The van der Waals surface area contributed by atoms with Crippen LogP contribution in [0.5, 0.6) is 0 Å². The minimum absolute atomic E-state index is 0.288. The van der Waals surface area contributed by atoms with Crippen LogP contribution in [0.25, 0.3) is 0 Å². The third-order valence-corrected chi connectivity index (χ3v) is 12.4. The number of methoxy groups -OCH3 is 1. The minimum Gasteiger partial charge on any atom is -0.390 e. The number of rotatable bonds is 5. The van der Waals surface area contributed by atoms with Gasteiger partial charge in [0.25, 0.3) is 0 Å². The molecule has 0 aromatic carbocycles. The molecule has 1 aromatic rings. The lowest BCUT2D eigenvalue weighted by molar-refractivity contribution is -0.160. The maximum absolute atomic E-state index is 10.9. The Morgan fingerprint density at radius 1 is 1.15 bits per heavy atom. The van der Waals surface area contributed by atoms with E-state index in [9.17, 15) is 10.4 Å². The summed E-state index contributed by atoms with van der Waals surface area (Å²) in [6, 6.07) is 2.20. The highest BCUT2D eigenvalue weighted by Gasteiger charge is 2.70. The average molecular weight is 466 g/mol. The molecule has 186 valence electrons. The third-order valence-electron chi connectivity index (χ3n) is 12.4. The topological polar surface area (TPSA) is 71.1 Å². The van der Waals surface area contributed by atoms with Crippen LogP contribution in [0.1, 0.15) is 90.5 Å². The van der Waals surface area contributed by atoms with E-state index in [0.717, 1.165) is 36.5 Å². The Morgan fingerprint density at radius 2 is 1.94 bits per heavy atom. The summed E-state index contributed by atoms with van der Waals surface area (Å²) in [6.07, 6.45) is 16.1. The van der Waals surface area contributed by atoms with Crippen LogP contribution in [-0.2, 0) is 11.3 Å². The fourth-order valence-electron chi connectivity index (χ4n) is 10.7. The van der Waals surface area contributed by atoms with Crippen molar-refractivity contribution < 1.29 is 9.84 Å². The number of aliphatic hydroxyl groups is 1. The van der Waals surface area contributed by atoms with E-state index >= 15 is 0 Å². The first-order valence-electron chi connectivity index (χ1n) is 13.9. The lowest BCUT2D eigenvalue weighted by Gasteiger charge is -2.62. The van der Waals surface area contributed by atoms with Gasteiger partial charge >= 0.3 is 0 Å². The molecule has 5 heteroatoms. The van der Waals surface area contributed by atoms with E-state index < -0.39 is 0 Å². The van der Waals surface area contributed by atoms with Crippen molar-refractivity contribution in [2.24, 2.45) is 46.3 Å². The predicted molar refractivity (Wildman–Crippen MR) is 131 cm³/mol. The molecule has 0 radical (unpaired) electrons. The monoisotopic (exact) mass is 465 g/mol. The van der Waals surface area contributed by atoms with Gasteiger partial charge in [0.15, 0.2) is 0 Å². The van der Waals surface area contributed by atoms with Crippen molar-refractivity contribution in [3.63, 3.8) is 0 Å². The average Bonchev–Trinajstić information content (AvgIpc) is 3.15. The summed E-state index contributed by atoms with van der Waals surface area (Å²) < 4.78 is 8.22. The summed E-state index contributed by atoms with van der Waals surface area (Å²) in [6.45, 7) is 8.02. The van der Waals surface area contributed by atoms with E-state index in [0.29, 0.717) is 34.8 Å². The molecule has 1 heterocycles. The maximum Gasteiger partial charge on any atom is 0.102 e. The zero-order valence-corrected chi connectivity index (χ0v) is 21.6. The number of aromatic nitrogens is 2. The summed E-state index contributed by atoms with van der Waals surface area (Å²) in [7, 11) is 1.87. The van der Waals surface area contributed by atoms with Gasteiger partial charge in [0.1, 0.15) is 6.07 Å². The molecule has 5 saturated carbocycles. The maximum atomic E-state index is 10.9. The number of fused-ring (bicyclic) bond motifs is 7. The van der Waals surface area contributed by atoms with Gasteiger partial charge < -0.3 is 9.84 Å². The van der Waals surface area contributed by atoms with Crippen LogP contribution in [0.4, 0.5) is 0 Å². The largest absolute Gasteiger partial charge is 0.390 e. The number of hydrogen-bond donors (Lipinski definition) is 1. The van der Waals surface area contributed by atoms with Gasteiger partial charge in [-0.1, -0.05) is 13.8 Å². The van der Waals surface area contributed by atoms with Crippen molar-refractivity contribution in [1.29, 1.82) is 5.26 Å². The third kappa shape index (κ3) is 3.00. The second kappa shape index (κ2) is 7.56. The fraction of sp³-hybridized carbons (Fsp3) is 0.862. The number of nitriles is 1. The Morgan fingerprint density at radius 3 is 2.65 bits per heavy atom. The van der Waals surface area contributed by atoms with E-state index in [1.165, 1.54) is 51.4 Å². The van der Waals surface area contributed by atoms with Crippen molar-refractivity contribution >= 4 is 0 Å². The van der Waals surface area contributed by atoms with Gasteiger partial charge in [0.05, 0.1) is 29.5 Å². The normalized spacial score (nSPS) is 48.6. The lowest BCUT2D eigenvalue weighted by atomic mass is 9.43. The van der Waals surface area contributed by atoms with Gasteiger partial charge in [-0.05, 0) is 117 Å². The molecule has 5 fully saturated rings. The molecule has 10 atom stereocenters. The molecule has 0 bridgehead atoms. The van der Waals surface area contributed by atoms with Gasteiger partial charge in [0.2, 0.25) is 0 Å². The van der Waals surface area contributed by atoms with Crippen LogP contribution < -0.4 is 0 Å². The first kappa shape index (κ1) is 23.0. The fourth-order valence-corrected chi connectivity index (χ4v) is 10.7. The highest BCUT2D eigenvalue weighted by atomic mass is 16.5. The highest BCUT2D eigenvalue weighted by Crippen LogP contribution is 2.74. The van der Waals surface area contributed by atoms with Crippen LogP contribution in [0.15, 0.2) is 12.4 Å². The number of hydrogen-bond acceptors (Lipinski definition) is 4. The van der Waals surface area contributed by atoms with E-state index in [2.05, 4.69) is 31.9 Å². The Labute approximate surface area is 205 Å². The smallest absolute Gasteiger partial charge is 0.102 e. The number of ether oxygens (including phenoxy) is 1. The van der Waals surface area contributed by atoms with Crippen LogP contribution in [-0.4, -0.2) is 33.2 Å². The van der Waals surface area contributed by atoms with E-state index in [4.69, 9.17) is 4.74 Å². The van der Waals surface area contributed by atoms with Crippen molar-refractivity contribution in [3.8, 4) is 6.07 Å². The van der Waals surface area contributed by atoms with Gasteiger partial charge in [-0.15, -0.1) is 0 Å². The zero-order chi connectivity index (χ0) is 23.9. The molecule has 0 amide bonds. The molecule has 0 saturated heterocycles. The predicted octanol–water partition coefficient (Wildman–Crippen LogP) is 5.57. The first-order chi connectivity index (χ1) is 16.2. The second-order valence-electron chi connectivity index (χ2n) is 13.3. The van der Waals surface area contributed by atoms with Gasteiger partial charge in [-0.3, -0.25) is 4.68 Å². The molecular weight excluding hydrogens is 422 g/mol. The Balaban J connectivity index is 1.27. The molecule has 5 aliphatic rings. The lowest BCUT2D eigenvalue weighted by Crippen LogP contribution is -2.57. The van der Waals surface area contributed by atoms with E-state index in [1.807, 2.05) is 18.0 Å². The van der Waals surface area contributed by atoms with Gasteiger partial charge in [-0.25, -0.2) is 0 Å². The first-order valence-corrected chi connectivity index (χ1v) is 13.9. The van der Waals surface area contributed by atoms with Crippen LogP contribution in [0.3, 0.4) is 0 Å². The summed E-state index contributed by atoms with van der Waals surface area (Å²) in [5.74, 6) is 4.31. The minimum atomic E-state index is -0.296. The van der Waals surface area contributed by atoms with Gasteiger partial charge in [-0.2, -0.15) is 10.4 Å².